The van der Waals surface area contributed by atoms with Crippen molar-refractivity contribution in [3.05, 3.63) is 63.6 Å². The second-order valence-corrected chi connectivity index (χ2v) is 4.92. The number of ether oxygens (including phenoxy) is 2. The van der Waals surface area contributed by atoms with E-state index in [9.17, 15) is 4.79 Å². The van der Waals surface area contributed by atoms with Gasteiger partial charge in [-0.1, -0.05) is 41.4 Å². The van der Waals surface area contributed by atoms with Gasteiger partial charge in [0.1, 0.15) is 12.4 Å². The third-order valence-corrected chi connectivity index (χ3v) is 3.09. The molecule has 0 spiro atoms. The molecule has 2 rings (SSSR count). The highest BCUT2D eigenvalue weighted by atomic mass is 35.5. The third kappa shape index (κ3) is 3.65. The first kappa shape index (κ1) is 14.7. The Balaban J connectivity index is 2.16. The largest absolute Gasteiger partial charge is 0.489 e. The summed E-state index contributed by atoms with van der Waals surface area (Å²) in [6.45, 7) is 0.224. The van der Waals surface area contributed by atoms with Gasteiger partial charge in [0, 0.05) is 15.6 Å². The summed E-state index contributed by atoms with van der Waals surface area (Å²) in [5.74, 6) is 0.149. The van der Waals surface area contributed by atoms with Gasteiger partial charge in [-0.3, -0.25) is 0 Å². The van der Waals surface area contributed by atoms with Crippen LogP contribution in [0.25, 0.3) is 0 Å². The van der Waals surface area contributed by atoms with Crippen LogP contribution in [0.15, 0.2) is 42.5 Å². The van der Waals surface area contributed by atoms with Crippen LogP contribution in [0.2, 0.25) is 10.0 Å². The first-order valence-electron chi connectivity index (χ1n) is 5.85. The number of carbonyl (C=O) groups is 1. The fraction of sp³-hybridized carbons (Fsp3) is 0.133. The van der Waals surface area contributed by atoms with Crippen molar-refractivity contribution in [2.75, 3.05) is 7.11 Å². The van der Waals surface area contributed by atoms with Crippen LogP contribution < -0.4 is 4.74 Å². The predicted octanol–water partition coefficient (Wildman–Crippen LogP) is 4.36. The molecule has 0 unspecified atom stereocenters. The molecule has 0 aromatic heterocycles. The smallest absolute Gasteiger partial charge is 0.338 e. The Morgan fingerprint density at radius 1 is 1.10 bits per heavy atom. The average Bonchev–Trinajstić information content (AvgIpc) is 2.43. The van der Waals surface area contributed by atoms with Gasteiger partial charge in [0.2, 0.25) is 0 Å². The third-order valence-electron chi connectivity index (χ3n) is 2.65. The van der Waals surface area contributed by atoms with Crippen LogP contribution >= 0.6 is 23.2 Å². The fourth-order valence-electron chi connectivity index (χ4n) is 1.73. The monoisotopic (exact) mass is 310 g/mol. The van der Waals surface area contributed by atoms with Crippen molar-refractivity contribution in [1.82, 2.24) is 0 Å². The Morgan fingerprint density at radius 3 is 2.40 bits per heavy atom. The fourth-order valence-corrected chi connectivity index (χ4v) is 2.23. The van der Waals surface area contributed by atoms with Gasteiger partial charge in [0.15, 0.2) is 0 Å². The minimum absolute atomic E-state index is 0.224. The number of hydrogen-bond acceptors (Lipinski definition) is 3. The maximum absolute atomic E-state index is 11.6. The standard InChI is InChI=1S/C15H12Cl2O3/c1-19-15(18)14-5-3-2-4-10(14)9-20-13-7-11(16)6-12(17)8-13/h2-8H,9H2,1H3. The van der Waals surface area contributed by atoms with Crippen molar-refractivity contribution in [2.24, 2.45) is 0 Å². The van der Waals surface area contributed by atoms with Crippen molar-refractivity contribution >= 4 is 29.2 Å². The van der Waals surface area contributed by atoms with Crippen LogP contribution in [-0.4, -0.2) is 13.1 Å². The number of halogens is 2. The molecule has 0 saturated carbocycles. The van der Waals surface area contributed by atoms with Crippen LogP contribution in [0.4, 0.5) is 0 Å². The Bertz CT molecular complexity index is 606. The molecule has 0 heterocycles. The zero-order chi connectivity index (χ0) is 14.5. The molecule has 2 aromatic carbocycles. The maximum atomic E-state index is 11.6. The Morgan fingerprint density at radius 2 is 1.75 bits per heavy atom. The van der Waals surface area contributed by atoms with Gasteiger partial charge >= 0.3 is 5.97 Å². The molecule has 0 amide bonds. The van der Waals surface area contributed by atoms with Crippen LogP contribution in [-0.2, 0) is 11.3 Å². The number of esters is 1. The maximum Gasteiger partial charge on any atom is 0.338 e. The molecule has 2 aromatic rings. The van der Waals surface area contributed by atoms with Crippen LogP contribution in [0.5, 0.6) is 5.75 Å². The number of benzene rings is 2. The molecule has 0 aliphatic heterocycles. The van der Waals surface area contributed by atoms with E-state index in [4.69, 9.17) is 32.7 Å². The molecule has 0 bridgehead atoms. The van der Waals surface area contributed by atoms with Crippen molar-refractivity contribution in [1.29, 1.82) is 0 Å². The van der Waals surface area contributed by atoms with Gasteiger partial charge in [-0.15, -0.1) is 0 Å². The van der Waals surface area contributed by atoms with E-state index in [1.807, 2.05) is 6.07 Å². The molecule has 104 valence electrons. The molecule has 3 nitrogen and oxygen atoms in total. The highest BCUT2D eigenvalue weighted by Crippen LogP contribution is 2.25. The second-order valence-electron chi connectivity index (χ2n) is 4.04. The van der Waals surface area contributed by atoms with Gasteiger partial charge in [-0.05, 0) is 24.3 Å². The Hall–Kier alpha value is -1.71. The number of methoxy groups -OCH3 is 1. The summed E-state index contributed by atoms with van der Waals surface area (Å²) in [6, 6.07) is 12.0. The topological polar surface area (TPSA) is 35.5 Å². The van der Waals surface area contributed by atoms with E-state index < -0.39 is 5.97 Å². The lowest BCUT2D eigenvalue weighted by Gasteiger charge is -2.10. The van der Waals surface area contributed by atoms with Gasteiger partial charge < -0.3 is 9.47 Å². The number of carbonyl (C=O) groups excluding carboxylic acids is 1. The molecule has 5 heteroatoms. The molecule has 0 saturated heterocycles. The molecule has 0 radical (unpaired) electrons. The Kier molecular flexibility index (Phi) is 4.88. The van der Waals surface area contributed by atoms with E-state index in [0.29, 0.717) is 21.4 Å². The van der Waals surface area contributed by atoms with Gasteiger partial charge in [-0.2, -0.15) is 0 Å². The summed E-state index contributed by atoms with van der Waals surface area (Å²) >= 11 is 11.8. The molecule has 0 fully saturated rings. The molecule has 0 aliphatic carbocycles. The van der Waals surface area contributed by atoms with E-state index in [1.165, 1.54) is 7.11 Å². The highest BCUT2D eigenvalue weighted by Gasteiger charge is 2.11. The second kappa shape index (κ2) is 6.64. The predicted molar refractivity (Wildman–Crippen MR) is 78.6 cm³/mol. The SMILES string of the molecule is COC(=O)c1ccccc1COc1cc(Cl)cc(Cl)c1. The molecular weight excluding hydrogens is 299 g/mol. The summed E-state index contributed by atoms with van der Waals surface area (Å²) in [7, 11) is 1.34. The summed E-state index contributed by atoms with van der Waals surface area (Å²) < 4.78 is 10.3. The van der Waals surface area contributed by atoms with Crippen LogP contribution in [0, 0.1) is 0 Å². The normalized spacial score (nSPS) is 10.2. The minimum Gasteiger partial charge on any atom is -0.489 e. The van der Waals surface area contributed by atoms with Gasteiger partial charge in [-0.25, -0.2) is 4.79 Å². The Labute approximate surface area is 127 Å². The van der Waals surface area contributed by atoms with E-state index in [-0.39, 0.29) is 6.61 Å². The van der Waals surface area contributed by atoms with E-state index in [0.717, 1.165) is 5.56 Å². The van der Waals surface area contributed by atoms with Crippen LogP contribution in [0.1, 0.15) is 15.9 Å². The summed E-state index contributed by atoms with van der Waals surface area (Å²) in [6.07, 6.45) is 0. The van der Waals surface area contributed by atoms with E-state index in [2.05, 4.69) is 0 Å². The lowest BCUT2D eigenvalue weighted by Crippen LogP contribution is -2.07. The quantitative estimate of drug-likeness (QED) is 0.787. The zero-order valence-corrected chi connectivity index (χ0v) is 12.2. The molecule has 0 atom stereocenters. The zero-order valence-electron chi connectivity index (χ0n) is 10.7. The first-order valence-corrected chi connectivity index (χ1v) is 6.61. The van der Waals surface area contributed by atoms with Crippen molar-refractivity contribution in [2.45, 2.75) is 6.61 Å². The van der Waals surface area contributed by atoms with Gasteiger partial charge in [0.05, 0.1) is 12.7 Å². The molecule has 0 aliphatic rings. The first-order chi connectivity index (χ1) is 9.60. The average molecular weight is 311 g/mol. The summed E-state index contributed by atoms with van der Waals surface area (Å²) in [5, 5.41) is 0.988. The number of hydrogen-bond donors (Lipinski definition) is 0. The highest BCUT2D eigenvalue weighted by molar-refractivity contribution is 6.34. The minimum atomic E-state index is -0.395. The van der Waals surface area contributed by atoms with Gasteiger partial charge in [0.25, 0.3) is 0 Å². The molecule has 20 heavy (non-hydrogen) atoms. The summed E-state index contributed by atoms with van der Waals surface area (Å²) in [4.78, 5) is 11.6. The lowest BCUT2D eigenvalue weighted by atomic mass is 10.1. The lowest BCUT2D eigenvalue weighted by molar-refractivity contribution is 0.0597. The number of rotatable bonds is 4. The van der Waals surface area contributed by atoms with Crippen molar-refractivity contribution in [3.63, 3.8) is 0 Å². The molecule has 0 N–H and O–H groups in total. The summed E-state index contributed by atoms with van der Waals surface area (Å²) in [5.41, 5.74) is 1.21. The van der Waals surface area contributed by atoms with Crippen molar-refractivity contribution < 1.29 is 14.3 Å². The van der Waals surface area contributed by atoms with Crippen LogP contribution in [0.3, 0.4) is 0 Å². The van der Waals surface area contributed by atoms with E-state index in [1.54, 1.807) is 36.4 Å². The van der Waals surface area contributed by atoms with E-state index >= 15 is 0 Å². The van der Waals surface area contributed by atoms with Crippen molar-refractivity contribution in [3.8, 4) is 5.75 Å². The molecular formula is C15H12Cl2O3.